The van der Waals surface area contributed by atoms with Crippen molar-refractivity contribution in [2.45, 2.75) is 49.7 Å². The van der Waals surface area contributed by atoms with E-state index in [2.05, 4.69) is 0 Å². The minimum Gasteiger partial charge on any atom is -0.496 e. The van der Waals surface area contributed by atoms with Gasteiger partial charge in [-0.05, 0) is 52.7 Å². The SMILES string of the molecule is [2H]C1([2H])Cc2ccc(Cc3cc([C@@H]4O[C@H](CO)[C@@H](O)[C@H](O)[C@H]4O)ccc3OC)cc21. The van der Waals surface area contributed by atoms with Crippen molar-refractivity contribution >= 4 is 0 Å². The summed E-state index contributed by atoms with van der Waals surface area (Å²) in [5, 5.41) is 40.0. The van der Waals surface area contributed by atoms with E-state index < -0.39 is 43.5 Å². The smallest absolute Gasteiger partial charge is 0.122 e. The fourth-order valence-corrected chi connectivity index (χ4v) is 3.85. The normalized spacial score (nSPS) is 32.0. The van der Waals surface area contributed by atoms with E-state index in [1.54, 1.807) is 25.3 Å². The molecule has 4 N–H and O–H groups in total. The van der Waals surface area contributed by atoms with Gasteiger partial charge in [0.2, 0.25) is 0 Å². The zero-order chi connectivity index (χ0) is 21.6. The first-order valence-electron chi connectivity index (χ1n) is 10.3. The molecule has 2 aliphatic rings. The average Bonchev–Trinajstić information content (AvgIpc) is 2.73. The van der Waals surface area contributed by atoms with Crippen LogP contribution in [0.4, 0.5) is 0 Å². The Hall–Kier alpha value is -1.96. The maximum absolute atomic E-state index is 10.4. The third-order valence-corrected chi connectivity index (χ3v) is 5.56. The summed E-state index contributed by atoms with van der Waals surface area (Å²) in [6.07, 6.45) is -6.49. The molecule has 1 saturated heterocycles. The van der Waals surface area contributed by atoms with Crippen LogP contribution < -0.4 is 4.74 Å². The Kier molecular flexibility index (Phi) is 4.73. The minimum atomic E-state index is -1.44. The molecule has 2 aromatic rings. The van der Waals surface area contributed by atoms with Crippen molar-refractivity contribution in [3.8, 4) is 5.75 Å². The fraction of sp³-hybridized carbons (Fsp3) is 0.455. The highest BCUT2D eigenvalue weighted by molar-refractivity contribution is 5.45. The number of hydrogen-bond acceptors (Lipinski definition) is 6. The van der Waals surface area contributed by atoms with Gasteiger partial charge in [-0.3, -0.25) is 0 Å². The summed E-state index contributed by atoms with van der Waals surface area (Å²) in [6, 6.07) is 11.0. The van der Waals surface area contributed by atoms with Crippen LogP contribution in [-0.2, 0) is 24.0 Å². The Morgan fingerprint density at radius 1 is 1.07 bits per heavy atom. The molecule has 0 spiro atoms. The molecule has 0 saturated carbocycles. The van der Waals surface area contributed by atoms with Crippen LogP contribution in [0.5, 0.6) is 5.75 Å². The second-order valence-electron chi connectivity index (χ2n) is 7.34. The Bertz CT molecular complexity index is 932. The molecular formula is C22H26O6. The molecule has 0 bridgehead atoms. The summed E-state index contributed by atoms with van der Waals surface area (Å²) in [5.74, 6) is 0.633. The molecule has 0 amide bonds. The molecule has 0 aromatic heterocycles. The van der Waals surface area contributed by atoms with Crippen LogP contribution in [0.25, 0.3) is 0 Å². The molecule has 5 atom stereocenters. The molecule has 1 aliphatic carbocycles. The zero-order valence-electron chi connectivity index (χ0n) is 17.6. The van der Waals surface area contributed by atoms with Gasteiger partial charge < -0.3 is 29.9 Å². The van der Waals surface area contributed by atoms with E-state index in [0.717, 1.165) is 16.7 Å². The minimum absolute atomic E-state index is 0.429. The highest BCUT2D eigenvalue weighted by Gasteiger charge is 2.44. The maximum Gasteiger partial charge on any atom is 0.122 e. The van der Waals surface area contributed by atoms with Gasteiger partial charge >= 0.3 is 0 Å². The number of rotatable bonds is 5. The van der Waals surface area contributed by atoms with Gasteiger partial charge in [0.25, 0.3) is 0 Å². The van der Waals surface area contributed by atoms with Crippen molar-refractivity contribution < 1.29 is 32.6 Å². The van der Waals surface area contributed by atoms with Crippen molar-refractivity contribution in [3.63, 3.8) is 0 Å². The molecule has 6 heteroatoms. The number of aliphatic hydroxyl groups is 4. The van der Waals surface area contributed by atoms with E-state index in [0.29, 0.717) is 29.7 Å². The van der Waals surface area contributed by atoms with Crippen LogP contribution in [-0.4, -0.2) is 58.6 Å². The predicted octanol–water partition coefficient (Wildman–Crippen LogP) is 0.899. The topological polar surface area (TPSA) is 99.4 Å². The standard InChI is InChI=1S/C22H26O6/c1-27-17-7-6-15(22-21(26)20(25)19(24)18(11-23)28-22)10-16(17)9-12-2-3-13-4-5-14(13)8-12/h2-3,6-8,10,18-26H,4-5,9,11H2,1H3/t18-,19-,20+,21-,22+/m1/s1/i5D2. The molecule has 28 heavy (non-hydrogen) atoms. The van der Waals surface area contributed by atoms with Crippen molar-refractivity contribution in [3.05, 3.63) is 64.2 Å². The molecule has 4 rings (SSSR count). The summed E-state index contributed by atoms with van der Waals surface area (Å²) in [5.41, 5.74) is 4.06. The lowest BCUT2D eigenvalue weighted by molar-refractivity contribution is -0.231. The van der Waals surface area contributed by atoms with Gasteiger partial charge in [0.05, 0.1) is 13.7 Å². The number of fused-ring (bicyclic) bond motifs is 1. The van der Waals surface area contributed by atoms with E-state index in [4.69, 9.17) is 12.2 Å². The summed E-state index contributed by atoms with van der Waals surface area (Å²) in [7, 11) is 1.56. The van der Waals surface area contributed by atoms with Crippen LogP contribution in [0.3, 0.4) is 0 Å². The summed E-state index contributed by atoms with van der Waals surface area (Å²) in [6.45, 7) is -0.485. The lowest BCUT2D eigenvalue weighted by Gasteiger charge is -2.40. The molecule has 0 radical (unpaired) electrons. The van der Waals surface area contributed by atoms with E-state index in [1.807, 2.05) is 18.2 Å². The van der Waals surface area contributed by atoms with Crippen molar-refractivity contribution in [2.75, 3.05) is 13.7 Å². The van der Waals surface area contributed by atoms with Gasteiger partial charge in [0.15, 0.2) is 0 Å². The number of methoxy groups -OCH3 is 1. The summed E-state index contributed by atoms with van der Waals surface area (Å²) < 4.78 is 27.1. The lowest BCUT2D eigenvalue weighted by atomic mass is 9.86. The Labute approximate surface area is 166 Å². The van der Waals surface area contributed by atoms with Crippen LogP contribution >= 0.6 is 0 Å². The Morgan fingerprint density at radius 2 is 1.89 bits per heavy atom. The van der Waals surface area contributed by atoms with Crippen LogP contribution in [0.2, 0.25) is 0 Å². The van der Waals surface area contributed by atoms with E-state index in [-0.39, 0.29) is 0 Å². The van der Waals surface area contributed by atoms with E-state index in [1.165, 1.54) is 0 Å². The molecule has 1 heterocycles. The van der Waals surface area contributed by atoms with Crippen LogP contribution in [0.15, 0.2) is 36.4 Å². The van der Waals surface area contributed by atoms with Gasteiger partial charge in [-0.2, -0.15) is 0 Å². The van der Waals surface area contributed by atoms with E-state index >= 15 is 0 Å². The van der Waals surface area contributed by atoms with Gasteiger partial charge in [-0.1, -0.05) is 24.3 Å². The van der Waals surface area contributed by atoms with Gasteiger partial charge in [0.1, 0.15) is 36.3 Å². The molecule has 6 nitrogen and oxygen atoms in total. The zero-order valence-corrected chi connectivity index (χ0v) is 15.6. The number of hydrogen-bond donors (Lipinski definition) is 4. The van der Waals surface area contributed by atoms with Gasteiger partial charge in [-0.15, -0.1) is 0 Å². The number of aryl methyl sites for hydroxylation is 2. The Balaban J connectivity index is 1.64. The van der Waals surface area contributed by atoms with Gasteiger partial charge in [-0.25, -0.2) is 0 Å². The van der Waals surface area contributed by atoms with Crippen LogP contribution in [0.1, 0.15) is 36.7 Å². The third kappa shape index (κ3) is 3.43. The molecule has 150 valence electrons. The maximum atomic E-state index is 10.4. The number of benzene rings is 2. The largest absolute Gasteiger partial charge is 0.496 e. The highest BCUT2D eigenvalue weighted by atomic mass is 16.5. The summed E-state index contributed by atoms with van der Waals surface area (Å²) >= 11 is 0. The number of ether oxygens (including phenoxy) is 2. The van der Waals surface area contributed by atoms with Crippen molar-refractivity contribution in [1.82, 2.24) is 0 Å². The quantitative estimate of drug-likeness (QED) is 0.607. The molecule has 1 aliphatic heterocycles. The van der Waals surface area contributed by atoms with Gasteiger partial charge in [0, 0.05) is 9.16 Å². The number of aliphatic hydroxyl groups excluding tert-OH is 4. The molecule has 0 unspecified atom stereocenters. The second kappa shape index (κ2) is 7.81. The first-order valence-corrected chi connectivity index (χ1v) is 9.35. The fourth-order valence-electron chi connectivity index (χ4n) is 3.85. The first kappa shape index (κ1) is 16.9. The van der Waals surface area contributed by atoms with Crippen molar-refractivity contribution in [2.24, 2.45) is 0 Å². The van der Waals surface area contributed by atoms with E-state index in [9.17, 15) is 20.4 Å². The first-order chi connectivity index (χ1) is 14.2. The monoisotopic (exact) mass is 388 g/mol. The predicted molar refractivity (Wildman–Crippen MR) is 102 cm³/mol. The summed E-state index contributed by atoms with van der Waals surface area (Å²) in [4.78, 5) is 0. The highest BCUT2D eigenvalue weighted by Crippen LogP contribution is 2.35. The third-order valence-electron chi connectivity index (χ3n) is 5.56. The Morgan fingerprint density at radius 3 is 2.61 bits per heavy atom. The second-order valence-corrected chi connectivity index (χ2v) is 7.34. The van der Waals surface area contributed by atoms with Crippen molar-refractivity contribution in [1.29, 1.82) is 0 Å². The van der Waals surface area contributed by atoms with Crippen LogP contribution in [0, 0.1) is 0 Å². The molecular weight excluding hydrogens is 360 g/mol. The molecule has 1 fully saturated rings. The average molecular weight is 388 g/mol. The molecule has 2 aromatic carbocycles. The lowest BCUT2D eigenvalue weighted by Crippen LogP contribution is -2.55.